The largest absolute Gasteiger partial charge is 0.416 e. The molecule has 5 aromatic rings. The first kappa shape index (κ1) is 29.0. The molecule has 1 N–H and O–H groups in total. The van der Waals surface area contributed by atoms with Gasteiger partial charge in [0.25, 0.3) is 0 Å². The Morgan fingerprint density at radius 1 is 0.976 bits per heavy atom. The van der Waals surface area contributed by atoms with Crippen LogP contribution in [0.2, 0.25) is 5.02 Å². The van der Waals surface area contributed by atoms with Gasteiger partial charge in [-0.2, -0.15) is 26.3 Å². The number of nitrogens with zero attached hydrogens (tertiary/aromatic N) is 5. The van der Waals surface area contributed by atoms with Crippen LogP contribution in [0.15, 0.2) is 71.5 Å². The number of hydrogen-bond donors (Lipinski definition) is 1. The number of carbonyl (C=O) groups excluding carboxylic acids is 1. The van der Waals surface area contributed by atoms with E-state index in [1.807, 2.05) is 0 Å². The zero-order valence-electron chi connectivity index (χ0n) is 20.9. The third-order valence-electron chi connectivity index (χ3n) is 6.13. The summed E-state index contributed by atoms with van der Waals surface area (Å²) in [5, 5.41) is 21.8. The van der Waals surface area contributed by atoms with Crippen molar-refractivity contribution >= 4 is 17.4 Å². The van der Waals surface area contributed by atoms with Crippen molar-refractivity contribution < 1.29 is 40.8 Å². The smallest absolute Gasteiger partial charge is 0.388 e. The number of hydrogen-bond acceptors (Lipinski definition) is 7. The van der Waals surface area contributed by atoms with E-state index in [-0.39, 0.29) is 45.1 Å². The average molecular weight is 608 g/mol. The number of ketones is 1. The number of pyridine rings is 1. The summed E-state index contributed by atoms with van der Waals surface area (Å²) in [5.41, 5.74) is -3.52. The zero-order chi connectivity index (χ0) is 30.2. The maximum atomic E-state index is 13.9. The van der Waals surface area contributed by atoms with E-state index in [0.717, 1.165) is 4.68 Å². The summed E-state index contributed by atoms with van der Waals surface area (Å²) < 4.78 is 86.9. The Balaban J connectivity index is 1.66. The van der Waals surface area contributed by atoms with Crippen LogP contribution in [0.3, 0.4) is 0 Å². The Morgan fingerprint density at radius 3 is 2.26 bits per heavy atom. The molecule has 0 saturated heterocycles. The van der Waals surface area contributed by atoms with E-state index in [0.29, 0.717) is 17.7 Å². The number of carbonyl (C=O) groups is 1. The first-order chi connectivity index (χ1) is 19.9. The predicted molar refractivity (Wildman–Crippen MR) is 135 cm³/mol. The van der Waals surface area contributed by atoms with Gasteiger partial charge >= 0.3 is 12.4 Å². The van der Waals surface area contributed by atoms with Gasteiger partial charge in [0, 0.05) is 23.5 Å². The van der Waals surface area contributed by atoms with Gasteiger partial charge in [0.15, 0.2) is 11.5 Å². The van der Waals surface area contributed by atoms with Crippen LogP contribution < -0.4 is 0 Å². The molecule has 0 atom stereocenters. The second kappa shape index (κ2) is 11.0. The van der Waals surface area contributed by atoms with Gasteiger partial charge in [-0.05, 0) is 42.0 Å². The lowest BCUT2D eigenvalue weighted by molar-refractivity contribution is -0.143. The highest BCUT2D eigenvalue weighted by Crippen LogP contribution is 2.38. The maximum Gasteiger partial charge on any atom is 0.416 e. The molecule has 5 rings (SSSR count). The molecule has 0 spiro atoms. The van der Waals surface area contributed by atoms with Crippen LogP contribution >= 0.6 is 11.6 Å². The molecule has 0 aliphatic carbocycles. The fraction of sp³-hybridized carbons (Fsp3) is 0.148. The summed E-state index contributed by atoms with van der Waals surface area (Å²) in [6.45, 7) is -1.36. The highest BCUT2D eigenvalue weighted by Gasteiger charge is 2.37. The molecule has 8 nitrogen and oxygen atoms in total. The summed E-state index contributed by atoms with van der Waals surface area (Å²) in [7, 11) is 0. The van der Waals surface area contributed by atoms with Gasteiger partial charge in [0.05, 0.1) is 28.3 Å². The minimum Gasteiger partial charge on any atom is -0.388 e. The summed E-state index contributed by atoms with van der Waals surface area (Å²) >= 11 is 6.29. The number of rotatable bonds is 7. The number of halogens is 7. The van der Waals surface area contributed by atoms with Crippen LogP contribution in [0.4, 0.5) is 26.3 Å². The molecule has 216 valence electrons. The summed E-state index contributed by atoms with van der Waals surface area (Å²) in [4.78, 5) is 17.9. The van der Waals surface area contributed by atoms with Gasteiger partial charge < -0.3 is 9.63 Å². The predicted octanol–water partition coefficient (Wildman–Crippen LogP) is 6.46. The van der Waals surface area contributed by atoms with Crippen molar-refractivity contribution in [2.24, 2.45) is 0 Å². The van der Waals surface area contributed by atoms with Crippen molar-refractivity contribution in [2.45, 2.75) is 25.5 Å². The molecule has 3 aromatic heterocycles. The second-order valence-corrected chi connectivity index (χ2v) is 9.30. The number of aliphatic hydroxyl groups excluding tert-OH is 1. The zero-order valence-corrected chi connectivity index (χ0v) is 21.7. The monoisotopic (exact) mass is 607 g/mol. The molecule has 15 heteroatoms. The summed E-state index contributed by atoms with van der Waals surface area (Å²) in [6, 6.07) is 10.5. The molecule has 0 aliphatic heterocycles. The van der Waals surface area contributed by atoms with Crippen LogP contribution in [0.1, 0.15) is 38.5 Å². The van der Waals surface area contributed by atoms with E-state index in [1.54, 1.807) is 24.3 Å². The van der Waals surface area contributed by atoms with E-state index in [4.69, 9.17) is 16.1 Å². The third kappa shape index (κ3) is 5.63. The van der Waals surface area contributed by atoms with E-state index in [2.05, 4.69) is 20.5 Å². The van der Waals surface area contributed by atoms with Crippen LogP contribution in [0.5, 0.6) is 0 Å². The molecule has 0 aliphatic rings. The van der Waals surface area contributed by atoms with Crippen LogP contribution in [0.25, 0.3) is 22.5 Å². The Morgan fingerprint density at radius 2 is 1.67 bits per heavy atom. The molecule has 0 fully saturated rings. The Kier molecular flexibility index (Phi) is 7.60. The Bertz CT molecular complexity index is 1730. The molecule has 0 amide bonds. The normalized spacial score (nSPS) is 12.1. The lowest BCUT2D eigenvalue weighted by Gasteiger charge is -2.15. The highest BCUT2D eigenvalue weighted by molar-refractivity contribution is 6.33. The molecular weight excluding hydrogens is 592 g/mol. The summed E-state index contributed by atoms with van der Waals surface area (Å²) in [6.07, 6.45) is -7.39. The molecule has 0 unspecified atom stereocenters. The van der Waals surface area contributed by atoms with Crippen LogP contribution in [-0.4, -0.2) is 36.0 Å². The van der Waals surface area contributed by atoms with Gasteiger partial charge in [0.2, 0.25) is 5.78 Å². The SMILES string of the molecule is O=C(c1nnn(Cc2cc(C(F)(F)F)cc(C(F)(F)F)c2)c1-c1cccnc1)c1c(-c2ccccc2Cl)noc1CO. The highest BCUT2D eigenvalue weighted by atomic mass is 35.5. The van der Waals surface area contributed by atoms with Crippen molar-refractivity contribution in [1.82, 2.24) is 25.1 Å². The quantitative estimate of drug-likeness (QED) is 0.167. The molecule has 0 saturated carbocycles. The van der Waals surface area contributed by atoms with Crippen molar-refractivity contribution in [2.75, 3.05) is 0 Å². The molecule has 42 heavy (non-hydrogen) atoms. The Hall–Kier alpha value is -4.56. The molecule has 3 heterocycles. The molecule has 2 aromatic carbocycles. The lowest BCUT2D eigenvalue weighted by Crippen LogP contribution is -2.14. The van der Waals surface area contributed by atoms with Gasteiger partial charge in [-0.25, -0.2) is 4.68 Å². The van der Waals surface area contributed by atoms with Gasteiger partial charge in [-0.15, -0.1) is 5.10 Å². The van der Waals surface area contributed by atoms with Gasteiger partial charge in [0.1, 0.15) is 18.0 Å². The van der Waals surface area contributed by atoms with Crippen molar-refractivity contribution in [3.63, 3.8) is 0 Å². The standard InChI is InChI=1S/C27H16ClF6N5O3/c28-19-6-2-1-5-18(19)22-21(20(13-40)42-37-22)25(41)23-24(15-4-3-7-35-11-15)39(38-36-23)12-14-8-16(26(29,30)31)10-17(9-14)27(32,33)34/h1-11,40H,12-13H2. The van der Waals surface area contributed by atoms with Crippen LogP contribution in [-0.2, 0) is 25.5 Å². The average Bonchev–Trinajstić information content (AvgIpc) is 3.57. The number of aromatic nitrogens is 5. The van der Waals surface area contributed by atoms with Crippen LogP contribution in [0, 0.1) is 0 Å². The maximum absolute atomic E-state index is 13.9. The minimum absolute atomic E-state index is 0.0143. The fourth-order valence-electron chi connectivity index (χ4n) is 4.27. The summed E-state index contributed by atoms with van der Waals surface area (Å²) in [5.74, 6) is -1.07. The molecule has 0 bridgehead atoms. The fourth-order valence-corrected chi connectivity index (χ4v) is 4.50. The van der Waals surface area contributed by atoms with E-state index in [9.17, 15) is 36.2 Å². The van der Waals surface area contributed by atoms with E-state index in [1.165, 1.54) is 24.5 Å². The number of alkyl halides is 6. The Labute approximate surface area is 237 Å². The first-order valence-electron chi connectivity index (χ1n) is 11.9. The number of aliphatic hydroxyl groups is 1. The third-order valence-corrected chi connectivity index (χ3v) is 6.46. The van der Waals surface area contributed by atoms with Crippen molar-refractivity contribution in [3.05, 3.63) is 106 Å². The second-order valence-electron chi connectivity index (χ2n) is 8.90. The molecular formula is C27H16ClF6N5O3. The van der Waals surface area contributed by atoms with E-state index < -0.39 is 48.0 Å². The molecule has 0 radical (unpaired) electrons. The van der Waals surface area contributed by atoms with Crippen molar-refractivity contribution in [1.29, 1.82) is 0 Å². The topological polar surface area (TPSA) is 107 Å². The lowest BCUT2D eigenvalue weighted by atomic mass is 9.98. The van der Waals surface area contributed by atoms with E-state index >= 15 is 0 Å². The van der Waals surface area contributed by atoms with Gasteiger partial charge in [-0.3, -0.25) is 9.78 Å². The number of benzene rings is 2. The minimum atomic E-state index is -5.06. The first-order valence-corrected chi connectivity index (χ1v) is 12.3. The van der Waals surface area contributed by atoms with Gasteiger partial charge in [-0.1, -0.05) is 40.2 Å². The van der Waals surface area contributed by atoms with Crippen molar-refractivity contribution in [3.8, 4) is 22.5 Å².